The summed E-state index contributed by atoms with van der Waals surface area (Å²) in [5.41, 5.74) is 9.08. The number of nitrogen functional groups attached to an aromatic ring is 1. The number of methoxy groups -OCH3 is 2. The lowest BCUT2D eigenvalue weighted by molar-refractivity contribution is 0.0697. The summed E-state index contributed by atoms with van der Waals surface area (Å²) >= 11 is 0. The third-order valence-corrected chi connectivity index (χ3v) is 4.44. The molecule has 1 heterocycles. The quantitative estimate of drug-likeness (QED) is 0.472. The first-order chi connectivity index (χ1) is 14.5. The smallest absolute Gasteiger partial charge is 0.335 e. The van der Waals surface area contributed by atoms with Gasteiger partial charge in [0.25, 0.3) is 0 Å². The van der Waals surface area contributed by atoms with E-state index in [9.17, 15) is 4.79 Å². The largest absolute Gasteiger partial charge is 0.493 e. The Balaban J connectivity index is 0.000000216. The third-order valence-electron chi connectivity index (χ3n) is 4.44. The molecule has 0 aliphatic heterocycles. The van der Waals surface area contributed by atoms with Crippen molar-refractivity contribution in [3.63, 3.8) is 0 Å². The topological polar surface area (TPSA) is 94.7 Å². The van der Waals surface area contributed by atoms with E-state index in [0.29, 0.717) is 11.4 Å². The van der Waals surface area contributed by atoms with Gasteiger partial charge in [-0.05, 0) is 54.6 Å². The summed E-state index contributed by atoms with van der Waals surface area (Å²) in [6, 6.07) is 24.0. The molecule has 6 nitrogen and oxygen atoms in total. The predicted molar refractivity (Wildman–Crippen MR) is 118 cm³/mol. The standard InChI is InChI=1S/C17H15NO2.C7H7NO2/c1-19-16-10-8-13(11-17(16)20-2)15-9-7-12-5-3-4-6-14(12)18-15;8-6-3-1-5(2-4-6)7(9)10/h3-11H,1-2H3;1-4H,8H2,(H,9,10). The molecule has 0 atom stereocenters. The highest BCUT2D eigenvalue weighted by Crippen LogP contribution is 2.32. The van der Waals surface area contributed by atoms with Crippen molar-refractivity contribution in [2.24, 2.45) is 0 Å². The molecule has 0 bridgehead atoms. The summed E-state index contributed by atoms with van der Waals surface area (Å²) in [6.07, 6.45) is 0. The van der Waals surface area contributed by atoms with Gasteiger partial charge in [0.1, 0.15) is 0 Å². The molecule has 30 heavy (non-hydrogen) atoms. The maximum absolute atomic E-state index is 10.3. The van der Waals surface area contributed by atoms with E-state index in [1.807, 2.05) is 42.5 Å². The zero-order chi connectivity index (χ0) is 21.5. The molecule has 0 aliphatic carbocycles. The number of nitrogens with zero attached hydrogens (tertiary/aromatic N) is 1. The lowest BCUT2D eigenvalue weighted by atomic mass is 10.1. The number of carbonyl (C=O) groups is 1. The van der Waals surface area contributed by atoms with Crippen LogP contribution in [0.3, 0.4) is 0 Å². The van der Waals surface area contributed by atoms with Crippen LogP contribution in [-0.2, 0) is 0 Å². The molecule has 4 aromatic rings. The molecule has 0 saturated carbocycles. The molecule has 0 saturated heterocycles. The molecule has 3 N–H and O–H groups in total. The van der Waals surface area contributed by atoms with Crippen molar-refractivity contribution in [3.8, 4) is 22.8 Å². The normalized spacial score (nSPS) is 10.1. The van der Waals surface area contributed by atoms with Crippen molar-refractivity contribution in [2.75, 3.05) is 20.0 Å². The third kappa shape index (κ3) is 4.86. The van der Waals surface area contributed by atoms with Crippen LogP contribution in [0.2, 0.25) is 0 Å². The van der Waals surface area contributed by atoms with E-state index >= 15 is 0 Å². The second-order valence-electron chi connectivity index (χ2n) is 6.39. The van der Waals surface area contributed by atoms with E-state index in [2.05, 4.69) is 17.1 Å². The maximum atomic E-state index is 10.3. The Kier molecular flexibility index (Phi) is 6.49. The van der Waals surface area contributed by atoms with Gasteiger partial charge in [0.05, 0.1) is 31.0 Å². The molecule has 0 radical (unpaired) electrons. The molecular weight excluding hydrogens is 380 g/mol. The van der Waals surface area contributed by atoms with Gasteiger partial charge in [-0.3, -0.25) is 0 Å². The van der Waals surface area contributed by atoms with Crippen LogP contribution in [0.15, 0.2) is 78.9 Å². The van der Waals surface area contributed by atoms with E-state index in [0.717, 1.165) is 27.9 Å². The Hall–Kier alpha value is -4.06. The summed E-state index contributed by atoms with van der Waals surface area (Å²) in [5.74, 6) is 0.497. The van der Waals surface area contributed by atoms with Gasteiger partial charge in [-0.2, -0.15) is 0 Å². The number of fused-ring (bicyclic) bond motifs is 1. The van der Waals surface area contributed by atoms with Crippen molar-refractivity contribution < 1.29 is 19.4 Å². The van der Waals surface area contributed by atoms with E-state index < -0.39 is 5.97 Å². The van der Waals surface area contributed by atoms with Gasteiger partial charge >= 0.3 is 5.97 Å². The molecule has 4 rings (SSSR count). The van der Waals surface area contributed by atoms with Crippen LogP contribution in [0.1, 0.15) is 10.4 Å². The number of carboxylic acid groups (broad SMARTS) is 1. The van der Waals surface area contributed by atoms with Crippen molar-refractivity contribution in [1.82, 2.24) is 4.98 Å². The van der Waals surface area contributed by atoms with Crippen LogP contribution < -0.4 is 15.2 Å². The van der Waals surface area contributed by atoms with Crippen LogP contribution in [0.4, 0.5) is 5.69 Å². The first-order valence-corrected chi connectivity index (χ1v) is 9.19. The van der Waals surface area contributed by atoms with Crippen molar-refractivity contribution in [1.29, 1.82) is 0 Å². The van der Waals surface area contributed by atoms with Crippen molar-refractivity contribution in [3.05, 3.63) is 84.4 Å². The highest BCUT2D eigenvalue weighted by atomic mass is 16.5. The molecule has 0 aliphatic rings. The number of aromatic carboxylic acids is 1. The molecule has 6 heteroatoms. The molecule has 0 fully saturated rings. The second-order valence-corrected chi connectivity index (χ2v) is 6.39. The average Bonchev–Trinajstić information content (AvgIpc) is 2.79. The summed E-state index contributed by atoms with van der Waals surface area (Å²) in [4.78, 5) is 15.0. The SMILES string of the molecule is COc1ccc(-c2ccc3ccccc3n2)cc1OC.Nc1ccc(C(=O)O)cc1. The van der Waals surface area contributed by atoms with Gasteiger partial charge in [0.2, 0.25) is 0 Å². The molecule has 3 aromatic carbocycles. The Morgan fingerprint density at radius 3 is 2.23 bits per heavy atom. The van der Waals surface area contributed by atoms with E-state index in [4.69, 9.17) is 20.3 Å². The Bertz CT molecular complexity index is 1160. The summed E-state index contributed by atoms with van der Waals surface area (Å²) in [5, 5.41) is 9.57. The summed E-state index contributed by atoms with van der Waals surface area (Å²) < 4.78 is 10.6. The summed E-state index contributed by atoms with van der Waals surface area (Å²) in [7, 11) is 3.27. The van der Waals surface area contributed by atoms with Gasteiger partial charge in [0.15, 0.2) is 11.5 Å². The minimum Gasteiger partial charge on any atom is -0.493 e. The second kappa shape index (κ2) is 9.43. The number of para-hydroxylation sites is 1. The predicted octanol–water partition coefficient (Wildman–Crippen LogP) is 4.89. The van der Waals surface area contributed by atoms with E-state index in [-0.39, 0.29) is 5.56 Å². The number of nitrogens with two attached hydrogens (primary N) is 1. The van der Waals surface area contributed by atoms with Crippen LogP contribution in [0.5, 0.6) is 11.5 Å². The van der Waals surface area contributed by atoms with Gasteiger partial charge in [-0.1, -0.05) is 24.3 Å². The van der Waals surface area contributed by atoms with Crippen molar-refractivity contribution >= 4 is 22.6 Å². The number of aromatic nitrogens is 1. The van der Waals surface area contributed by atoms with Gasteiger partial charge in [0, 0.05) is 16.6 Å². The Morgan fingerprint density at radius 1 is 0.867 bits per heavy atom. The first kappa shape index (κ1) is 20.7. The highest BCUT2D eigenvalue weighted by molar-refractivity contribution is 5.87. The van der Waals surface area contributed by atoms with E-state index in [1.54, 1.807) is 26.4 Å². The van der Waals surface area contributed by atoms with Crippen LogP contribution in [0, 0.1) is 0 Å². The number of benzene rings is 3. The molecule has 0 amide bonds. The fourth-order valence-electron chi connectivity index (χ4n) is 2.85. The fourth-order valence-corrected chi connectivity index (χ4v) is 2.85. The lowest BCUT2D eigenvalue weighted by Crippen LogP contribution is -1.95. The lowest BCUT2D eigenvalue weighted by Gasteiger charge is -2.09. The summed E-state index contributed by atoms with van der Waals surface area (Å²) in [6.45, 7) is 0. The molecule has 152 valence electrons. The average molecular weight is 402 g/mol. The van der Waals surface area contributed by atoms with Crippen LogP contribution in [-0.4, -0.2) is 30.3 Å². The molecule has 0 unspecified atom stereocenters. The van der Waals surface area contributed by atoms with Gasteiger partial charge in [-0.15, -0.1) is 0 Å². The number of anilines is 1. The number of pyridine rings is 1. The van der Waals surface area contributed by atoms with Crippen LogP contribution in [0.25, 0.3) is 22.2 Å². The Labute approximate surface area is 174 Å². The molecular formula is C24H22N2O4. The highest BCUT2D eigenvalue weighted by Gasteiger charge is 2.07. The maximum Gasteiger partial charge on any atom is 0.335 e. The minimum absolute atomic E-state index is 0.259. The van der Waals surface area contributed by atoms with E-state index in [1.165, 1.54) is 12.1 Å². The fraction of sp³-hybridized carbons (Fsp3) is 0.0833. The zero-order valence-electron chi connectivity index (χ0n) is 16.7. The number of rotatable bonds is 4. The first-order valence-electron chi connectivity index (χ1n) is 9.19. The number of hydrogen-bond donors (Lipinski definition) is 2. The number of carboxylic acids is 1. The van der Waals surface area contributed by atoms with Gasteiger partial charge < -0.3 is 20.3 Å². The number of hydrogen-bond acceptors (Lipinski definition) is 5. The Morgan fingerprint density at radius 2 is 1.57 bits per heavy atom. The van der Waals surface area contributed by atoms with Gasteiger partial charge in [-0.25, -0.2) is 9.78 Å². The minimum atomic E-state index is -0.931. The monoisotopic (exact) mass is 402 g/mol. The van der Waals surface area contributed by atoms with Crippen molar-refractivity contribution in [2.45, 2.75) is 0 Å². The number of ether oxygens (including phenoxy) is 2. The zero-order valence-corrected chi connectivity index (χ0v) is 16.7. The molecule has 0 spiro atoms. The van der Waals surface area contributed by atoms with Crippen LogP contribution >= 0.6 is 0 Å². The molecule has 1 aromatic heterocycles.